The van der Waals surface area contributed by atoms with E-state index in [0.717, 1.165) is 38.8 Å². The van der Waals surface area contributed by atoms with Gasteiger partial charge < -0.3 is 10.1 Å². The molecule has 0 amide bonds. The molecule has 1 fully saturated rings. The topological polar surface area (TPSA) is 24.5 Å². The number of nitrogens with one attached hydrogen (secondary N) is 1. The molecule has 0 aromatic heterocycles. The highest BCUT2D eigenvalue weighted by Gasteiger charge is 2.36. The molecule has 0 bridgehead atoms. The van der Waals surface area contributed by atoms with Crippen LogP contribution in [0, 0.1) is 11.8 Å². The minimum absolute atomic E-state index is 0.285. The first kappa shape index (κ1) is 17.9. The van der Waals surface area contributed by atoms with E-state index in [1.54, 1.807) is 0 Å². The summed E-state index contributed by atoms with van der Waals surface area (Å²) in [6.07, 6.45) is 2.36. The van der Waals surface area contributed by atoms with Crippen LogP contribution < -0.4 is 5.32 Å². The Morgan fingerprint density at radius 2 is 1.95 bits per heavy atom. The molecule has 1 aliphatic heterocycles. The van der Waals surface area contributed by atoms with E-state index >= 15 is 0 Å². The molecule has 1 N–H and O–H groups in total. The molecule has 1 aliphatic rings. The van der Waals surface area contributed by atoms with Gasteiger partial charge in [0.25, 0.3) is 0 Å². The highest BCUT2D eigenvalue weighted by molar-refractivity contribution is 4.95. The molecule has 120 valence electrons. The molecule has 2 unspecified atom stereocenters. The summed E-state index contributed by atoms with van der Waals surface area (Å²) in [7, 11) is 0. The Bertz CT molecular complexity index is 268. The van der Waals surface area contributed by atoms with Crippen LogP contribution in [0.3, 0.4) is 0 Å². The zero-order valence-corrected chi connectivity index (χ0v) is 14.5. The number of hydrogen-bond donors (Lipinski definition) is 1. The van der Waals surface area contributed by atoms with Crippen LogP contribution in [-0.2, 0) is 4.74 Å². The van der Waals surface area contributed by atoms with Gasteiger partial charge in [-0.15, -0.1) is 0 Å². The molecule has 1 saturated heterocycles. The minimum Gasteiger partial charge on any atom is -0.380 e. The van der Waals surface area contributed by atoms with Gasteiger partial charge in [-0.05, 0) is 31.6 Å². The van der Waals surface area contributed by atoms with Crippen LogP contribution in [0.25, 0.3) is 0 Å². The lowest BCUT2D eigenvalue weighted by Gasteiger charge is -2.49. The third-order valence-electron chi connectivity index (χ3n) is 4.84. The fourth-order valence-electron chi connectivity index (χ4n) is 2.74. The van der Waals surface area contributed by atoms with Gasteiger partial charge >= 0.3 is 0 Å². The predicted molar refractivity (Wildman–Crippen MR) is 87.2 cm³/mol. The zero-order valence-electron chi connectivity index (χ0n) is 14.5. The smallest absolute Gasteiger partial charge is 0.0593 e. The molecule has 0 aliphatic carbocycles. The van der Waals surface area contributed by atoms with Crippen molar-refractivity contribution in [3.63, 3.8) is 0 Å². The summed E-state index contributed by atoms with van der Waals surface area (Å²) in [5.41, 5.74) is 0.285. The highest BCUT2D eigenvalue weighted by atomic mass is 16.5. The second-order valence-electron chi connectivity index (χ2n) is 7.32. The van der Waals surface area contributed by atoms with E-state index < -0.39 is 0 Å². The van der Waals surface area contributed by atoms with Gasteiger partial charge in [-0.1, -0.05) is 34.6 Å². The average molecular weight is 284 g/mol. The van der Waals surface area contributed by atoms with Crippen LogP contribution >= 0.6 is 0 Å². The van der Waals surface area contributed by atoms with Crippen LogP contribution in [0.1, 0.15) is 54.4 Å². The van der Waals surface area contributed by atoms with E-state index in [9.17, 15) is 0 Å². The lowest BCUT2D eigenvalue weighted by Crippen LogP contribution is -2.64. The molecule has 0 radical (unpaired) electrons. The van der Waals surface area contributed by atoms with Crippen molar-refractivity contribution in [3.8, 4) is 0 Å². The van der Waals surface area contributed by atoms with Crippen molar-refractivity contribution in [2.75, 3.05) is 32.8 Å². The second-order valence-corrected chi connectivity index (χ2v) is 7.32. The average Bonchev–Trinajstić information content (AvgIpc) is 2.39. The SMILES string of the molecule is CCC1(C)CNC(C(C)C)CN1CCOCCC(C)C. The summed E-state index contributed by atoms with van der Waals surface area (Å²) in [5, 5.41) is 3.72. The molecule has 0 spiro atoms. The lowest BCUT2D eigenvalue weighted by atomic mass is 9.89. The van der Waals surface area contributed by atoms with Gasteiger partial charge in [-0.25, -0.2) is 0 Å². The van der Waals surface area contributed by atoms with Gasteiger partial charge in [0.05, 0.1) is 6.61 Å². The van der Waals surface area contributed by atoms with Crippen LogP contribution in [0.5, 0.6) is 0 Å². The number of ether oxygens (including phenoxy) is 1. The van der Waals surface area contributed by atoms with E-state index in [1.165, 1.54) is 12.8 Å². The molecule has 3 heteroatoms. The van der Waals surface area contributed by atoms with Crippen molar-refractivity contribution >= 4 is 0 Å². The predicted octanol–water partition coefficient (Wildman–Crippen LogP) is 3.15. The van der Waals surface area contributed by atoms with E-state index in [1.807, 2.05) is 0 Å². The summed E-state index contributed by atoms with van der Waals surface area (Å²) in [5.74, 6) is 1.43. The normalized spacial score (nSPS) is 28.5. The lowest BCUT2D eigenvalue weighted by molar-refractivity contribution is 0.00889. The fourth-order valence-corrected chi connectivity index (χ4v) is 2.74. The summed E-state index contributed by atoms with van der Waals surface area (Å²) in [6.45, 7) is 18.9. The molecule has 20 heavy (non-hydrogen) atoms. The van der Waals surface area contributed by atoms with E-state index in [0.29, 0.717) is 12.0 Å². The van der Waals surface area contributed by atoms with E-state index in [2.05, 4.69) is 51.8 Å². The Morgan fingerprint density at radius 3 is 2.50 bits per heavy atom. The maximum atomic E-state index is 5.82. The number of piperazine rings is 1. The zero-order chi connectivity index (χ0) is 15.2. The molecule has 0 aromatic rings. The molecule has 1 heterocycles. The molecule has 0 saturated carbocycles. The van der Waals surface area contributed by atoms with Crippen molar-refractivity contribution in [2.45, 2.75) is 66.0 Å². The van der Waals surface area contributed by atoms with Gasteiger partial charge in [0.15, 0.2) is 0 Å². The second kappa shape index (κ2) is 8.35. The molecular weight excluding hydrogens is 248 g/mol. The van der Waals surface area contributed by atoms with Crippen LogP contribution in [0.4, 0.5) is 0 Å². The third-order valence-corrected chi connectivity index (χ3v) is 4.84. The molecule has 2 atom stereocenters. The maximum absolute atomic E-state index is 5.82. The summed E-state index contributed by atoms with van der Waals surface area (Å²) in [6, 6.07) is 0.616. The van der Waals surface area contributed by atoms with Crippen LogP contribution in [-0.4, -0.2) is 49.3 Å². The molecule has 1 rings (SSSR count). The number of hydrogen-bond acceptors (Lipinski definition) is 3. The maximum Gasteiger partial charge on any atom is 0.0593 e. The van der Waals surface area contributed by atoms with Crippen LogP contribution in [0.15, 0.2) is 0 Å². The monoisotopic (exact) mass is 284 g/mol. The Morgan fingerprint density at radius 1 is 1.25 bits per heavy atom. The van der Waals surface area contributed by atoms with Gasteiger partial charge in [-0.3, -0.25) is 4.90 Å². The van der Waals surface area contributed by atoms with Gasteiger partial charge in [0, 0.05) is 37.8 Å². The number of nitrogens with zero attached hydrogens (tertiary/aromatic N) is 1. The summed E-state index contributed by atoms with van der Waals surface area (Å²) in [4.78, 5) is 2.64. The largest absolute Gasteiger partial charge is 0.380 e. The molecule has 3 nitrogen and oxygen atoms in total. The van der Waals surface area contributed by atoms with Crippen molar-refractivity contribution in [1.29, 1.82) is 0 Å². The molecule has 0 aromatic carbocycles. The van der Waals surface area contributed by atoms with Crippen molar-refractivity contribution < 1.29 is 4.74 Å². The fraction of sp³-hybridized carbons (Fsp3) is 1.00. The Balaban J connectivity index is 2.41. The van der Waals surface area contributed by atoms with Crippen LogP contribution in [0.2, 0.25) is 0 Å². The van der Waals surface area contributed by atoms with Crippen molar-refractivity contribution in [2.24, 2.45) is 11.8 Å². The first-order valence-corrected chi connectivity index (χ1v) is 8.45. The molecular formula is C17H36N2O. The third kappa shape index (κ3) is 5.34. The minimum atomic E-state index is 0.285. The van der Waals surface area contributed by atoms with Gasteiger partial charge in [0.1, 0.15) is 0 Å². The van der Waals surface area contributed by atoms with Crippen molar-refractivity contribution in [3.05, 3.63) is 0 Å². The van der Waals surface area contributed by atoms with E-state index in [4.69, 9.17) is 4.74 Å². The Labute approximate surface area is 126 Å². The van der Waals surface area contributed by atoms with Crippen molar-refractivity contribution in [1.82, 2.24) is 10.2 Å². The van der Waals surface area contributed by atoms with Gasteiger partial charge in [0.2, 0.25) is 0 Å². The highest BCUT2D eigenvalue weighted by Crippen LogP contribution is 2.24. The Hall–Kier alpha value is -0.120. The summed E-state index contributed by atoms with van der Waals surface area (Å²) >= 11 is 0. The first-order valence-electron chi connectivity index (χ1n) is 8.45. The van der Waals surface area contributed by atoms with Gasteiger partial charge in [-0.2, -0.15) is 0 Å². The summed E-state index contributed by atoms with van der Waals surface area (Å²) < 4.78 is 5.82. The van der Waals surface area contributed by atoms with E-state index in [-0.39, 0.29) is 5.54 Å². The quantitative estimate of drug-likeness (QED) is 0.693. The Kier molecular flexibility index (Phi) is 7.49. The first-order chi connectivity index (χ1) is 9.39. The number of rotatable bonds is 8. The standard InChI is InChI=1S/C17H36N2O/c1-7-17(6)13-18-16(15(4)5)12-19(17)9-11-20-10-8-14(2)3/h14-16,18H,7-13H2,1-6H3.